The minimum Gasteiger partial charge on any atom is -0.376 e. The van der Waals surface area contributed by atoms with Gasteiger partial charge in [-0.2, -0.15) is 0 Å². The Bertz CT molecular complexity index is 434. The van der Waals surface area contributed by atoms with Crippen LogP contribution in [-0.4, -0.2) is 18.8 Å². The van der Waals surface area contributed by atoms with E-state index in [0.717, 1.165) is 5.56 Å². The summed E-state index contributed by atoms with van der Waals surface area (Å²) in [6.45, 7) is 8.89. The number of hydrogen-bond acceptors (Lipinski definition) is 3. The van der Waals surface area contributed by atoms with Gasteiger partial charge in [-0.25, -0.2) is 4.39 Å². The van der Waals surface area contributed by atoms with Crippen LogP contribution in [0.25, 0.3) is 0 Å². The molecule has 0 spiro atoms. The van der Waals surface area contributed by atoms with Crippen LogP contribution in [0.4, 0.5) is 4.39 Å². The number of nitrogens with two attached hydrogens (primary N) is 1. The van der Waals surface area contributed by atoms with E-state index < -0.39 is 5.82 Å². The van der Waals surface area contributed by atoms with E-state index in [1.807, 2.05) is 6.92 Å². The van der Waals surface area contributed by atoms with E-state index in [-0.39, 0.29) is 22.6 Å². The summed E-state index contributed by atoms with van der Waals surface area (Å²) >= 11 is 5.81. The molecule has 2 unspecified atom stereocenters. The number of benzene rings is 1. The summed E-state index contributed by atoms with van der Waals surface area (Å²) in [5.74, 6) is 5.27. The third-order valence-electron chi connectivity index (χ3n) is 3.22. The Morgan fingerprint density at radius 2 is 2.05 bits per heavy atom. The maximum absolute atomic E-state index is 13.2. The van der Waals surface area contributed by atoms with Gasteiger partial charge >= 0.3 is 0 Å². The van der Waals surface area contributed by atoms with E-state index in [0.29, 0.717) is 13.0 Å². The number of nitrogens with one attached hydrogen (secondary N) is 1. The van der Waals surface area contributed by atoms with Crippen molar-refractivity contribution in [3.8, 4) is 0 Å². The number of rotatable bonds is 6. The molecule has 5 heteroatoms. The number of halogens is 2. The molecule has 0 aliphatic heterocycles. The molecule has 3 N–H and O–H groups in total. The van der Waals surface area contributed by atoms with Crippen LogP contribution in [0.2, 0.25) is 5.02 Å². The predicted molar refractivity (Wildman–Crippen MR) is 81.1 cm³/mol. The van der Waals surface area contributed by atoms with Crippen LogP contribution in [0.1, 0.15) is 33.3 Å². The van der Waals surface area contributed by atoms with Gasteiger partial charge in [0, 0.05) is 6.61 Å². The van der Waals surface area contributed by atoms with Crippen molar-refractivity contribution in [2.24, 2.45) is 11.3 Å². The smallest absolute Gasteiger partial charge is 0.141 e. The first-order valence-corrected chi connectivity index (χ1v) is 7.19. The Balaban J connectivity index is 2.91. The van der Waals surface area contributed by atoms with E-state index in [1.165, 1.54) is 6.07 Å². The molecule has 0 bridgehead atoms. The molecule has 0 aliphatic rings. The summed E-state index contributed by atoms with van der Waals surface area (Å²) in [5, 5.41) is 0.127. The Morgan fingerprint density at radius 1 is 1.40 bits per heavy atom. The first-order valence-electron chi connectivity index (χ1n) is 6.81. The monoisotopic (exact) mass is 302 g/mol. The number of hydrazine groups is 1. The largest absolute Gasteiger partial charge is 0.376 e. The van der Waals surface area contributed by atoms with Crippen LogP contribution in [0.15, 0.2) is 18.2 Å². The second-order valence-electron chi connectivity index (χ2n) is 5.97. The molecule has 1 aromatic carbocycles. The van der Waals surface area contributed by atoms with Gasteiger partial charge in [0.2, 0.25) is 0 Å². The summed E-state index contributed by atoms with van der Waals surface area (Å²) in [6, 6.07) is 4.65. The van der Waals surface area contributed by atoms with E-state index in [2.05, 4.69) is 26.2 Å². The fraction of sp³-hybridized carbons (Fsp3) is 0.600. The van der Waals surface area contributed by atoms with Crippen LogP contribution in [0.3, 0.4) is 0 Å². The Labute approximate surface area is 125 Å². The van der Waals surface area contributed by atoms with Crippen molar-refractivity contribution in [1.82, 2.24) is 5.43 Å². The third-order valence-corrected chi connectivity index (χ3v) is 3.51. The Kier molecular flexibility index (Phi) is 6.40. The van der Waals surface area contributed by atoms with Gasteiger partial charge in [0.25, 0.3) is 0 Å². The second-order valence-corrected chi connectivity index (χ2v) is 6.37. The SMILES string of the molecule is CCOC(C(Cc1ccc(F)c(Cl)c1)NN)C(C)(C)C. The minimum absolute atomic E-state index is 0.0543. The molecule has 114 valence electrons. The van der Waals surface area contributed by atoms with Crippen molar-refractivity contribution < 1.29 is 9.13 Å². The zero-order valence-corrected chi connectivity index (χ0v) is 13.3. The van der Waals surface area contributed by atoms with Crippen molar-refractivity contribution in [2.45, 2.75) is 46.3 Å². The van der Waals surface area contributed by atoms with Crippen molar-refractivity contribution in [1.29, 1.82) is 0 Å². The predicted octanol–water partition coefficient (Wildman–Crippen LogP) is 3.30. The van der Waals surface area contributed by atoms with Crippen LogP contribution in [0.5, 0.6) is 0 Å². The van der Waals surface area contributed by atoms with Crippen LogP contribution in [-0.2, 0) is 11.2 Å². The molecule has 2 atom stereocenters. The maximum Gasteiger partial charge on any atom is 0.141 e. The maximum atomic E-state index is 13.2. The molecule has 1 aromatic rings. The molecule has 3 nitrogen and oxygen atoms in total. The fourth-order valence-electron chi connectivity index (χ4n) is 2.32. The van der Waals surface area contributed by atoms with Crippen molar-refractivity contribution in [3.63, 3.8) is 0 Å². The second kappa shape index (κ2) is 7.36. The third kappa shape index (κ3) is 4.70. The highest BCUT2D eigenvalue weighted by Gasteiger charge is 2.32. The molecule has 0 fully saturated rings. The van der Waals surface area contributed by atoms with E-state index in [4.69, 9.17) is 22.2 Å². The Morgan fingerprint density at radius 3 is 2.50 bits per heavy atom. The van der Waals surface area contributed by atoms with Crippen LogP contribution in [0, 0.1) is 11.2 Å². The average molecular weight is 303 g/mol. The molecule has 0 amide bonds. The Hall–Kier alpha value is -0.680. The summed E-state index contributed by atoms with van der Waals surface area (Å²) in [6.07, 6.45) is 0.569. The lowest BCUT2D eigenvalue weighted by atomic mass is 9.82. The number of ether oxygens (including phenoxy) is 1. The molecule has 0 saturated heterocycles. The zero-order valence-electron chi connectivity index (χ0n) is 12.5. The lowest BCUT2D eigenvalue weighted by molar-refractivity contribution is -0.0356. The molecule has 0 heterocycles. The number of hydrogen-bond donors (Lipinski definition) is 2. The summed E-state index contributed by atoms with van der Waals surface area (Å²) in [7, 11) is 0. The molecular formula is C15H24ClFN2O. The highest BCUT2D eigenvalue weighted by atomic mass is 35.5. The summed E-state index contributed by atoms with van der Waals surface area (Å²) in [4.78, 5) is 0. The van der Waals surface area contributed by atoms with Gasteiger partial charge in [-0.15, -0.1) is 0 Å². The summed E-state index contributed by atoms with van der Waals surface area (Å²) in [5.41, 5.74) is 3.68. The first kappa shape index (κ1) is 17.4. The van der Waals surface area contributed by atoms with Gasteiger partial charge < -0.3 is 4.74 Å². The molecule has 20 heavy (non-hydrogen) atoms. The molecular weight excluding hydrogens is 279 g/mol. The van der Waals surface area contributed by atoms with Crippen molar-refractivity contribution in [3.05, 3.63) is 34.6 Å². The highest BCUT2D eigenvalue weighted by molar-refractivity contribution is 6.30. The molecule has 0 aliphatic carbocycles. The van der Waals surface area contributed by atoms with Crippen molar-refractivity contribution >= 4 is 11.6 Å². The summed E-state index contributed by atoms with van der Waals surface area (Å²) < 4.78 is 19.0. The topological polar surface area (TPSA) is 47.3 Å². The standard InChI is InChI=1S/C15H24ClFN2O/c1-5-20-14(15(2,3)4)13(19-18)9-10-6-7-12(17)11(16)8-10/h6-8,13-14,19H,5,9,18H2,1-4H3. The molecule has 0 aromatic heterocycles. The van der Waals surface area contributed by atoms with Crippen LogP contribution >= 0.6 is 11.6 Å². The lowest BCUT2D eigenvalue weighted by Crippen LogP contribution is -2.52. The average Bonchev–Trinajstić information content (AvgIpc) is 2.36. The van der Waals surface area contributed by atoms with E-state index in [1.54, 1.807) is 12.1 Å². The highest BCUT2D eigenvalue weighted by Crippen LogP contribution is 2.27. The van der Waals surface area contributed by atoms with Gasteiger partial charge in [0.1, 0.15) is 5.82 Å². The normalized spacial score (nSPS) is 15.2. The van der Waals surface area contributed by atoms with Gasteiger partial charge in [0.15, 0.2) is 0 Å². The molecule has 0 saturated carbocycles. The molecule has 1 rings (SSSR count). The van der Waals surface area contributed by atoms with Crippen LogP contribution < -0.4 is 11.3 Å². The van der Waals surface area contributed by atoms with E-state index >= 15 is 0 Å². The first-order chi connectivity index (χ1) is 9.29. The quantitative estimate of drug-likeness (QED) is 0.626. The van der Waals surface area contributed by atoms with Crippen molar-refractivity contribution in [2.75, 3.05) is 6.61 Å². The van der Waals surface area contributed by atoms with E-state index in [9.17, 15) is 4.39 Å². The van der Waals surface area contributed by atoms with Gasteiger partial charge in [-0.05, 0) is 36.5 Å². The fourth-order valence-corrected chi connectivity index (χ4v) is 2.53. The van der Waals surface area contributed by atoms with Gasteiger partial charge in [-0.3, -0.25) is 11.3 Å². The lowest BCUT2D eigenvalue weighted by Gasteiger charge is -2.36. The molecule has 0 radical (unpaired) electrons. The van der Waals surface area contributed by atoms with Gasteiger partial charge in [-0.1, -0.05) is 38.4 Å². The minimum atomic E-state index is -0.412. The zero-order chi connectivity index (χ0) is 15.3. The van der Waals surface area contributed by atoms with Gasteiger partial charge in [0.05, 0.1) is 17.2 Å².